The highest BCUT2D eigenvalue weighted by atomic mass is 19.1. The molecular weight excluding hydrogens is 265 g/mol. The molecule has 2 aromatic carbocycles. The molecule has 3 nitrogen and oxygen atoms in total. The second-order valence-electron chi connectivity index (χ2n) is 5.19. The minimum absolute atomic E-state index is 0.233. The van der Waals surface area contributed by atoms with Gasteiger partial charge in [-0.2, -0.15) is 0 Å². The summed E-state index contributed by atoms with van der Waals surface area (Å²) >= 11 is 0. The van der Waals surface area contributed by atoms with Gasteiger partial charge in [-0.25, -0.2) is 14.4 Å². The Morgan fingerprint density at radius 1 is 0.952 bits per heavy atom. The lowest BCUT2D eigenvalue weighted by Gasteiger charge is -2.13. The number of rotatable bonds is 3. The molecule has 0 saturated carbocycles. The van der Waals surface area contributed by atoms with E-state index in [9.17, 15) is 4.39 Å². The summed E-state index contributed by atoms with van der Waals surface area (Å²) in [7, 11) is 0. The second-order valence-corrected chi connectivity index (χ2v) is 5.19. The highest BCUT2D eigenvalue weighted by Crippen LogP contribution is 2.26. The predicted molar refractivity (Wildman–Crippen MR) is 83.7 cm³/mol. The van der Waals surface area contributed by atoms with Crippen molar-refractivity contribution in [3.8, 4) is 11.4 Å². The van der Waals surface area contributed by atoms with Gasteiger partial charge >= 0.3 is 0 Å². The molecule has 1 heterocycles. The van der Waals surface area contributed by atoms with Crippen molar-refractivity contribution in [1.29, 1.82) is 0 Å². The van der Waals surface area contributed by atoms with E-state index in [0.717, 1.165) is 16.7 Å². The molecule has 21 heavy (non-hydrogen) atoms. The third kappa shape index (κ3) is 2.70. The molecule has 0 saturated heterocycles. The van der Waals surface area contributed by atoms with Crippen molar-refractivity contribution in [2.45, 2.75) is 19.9 Å². The van der Waals surface area contributed by atoms with Gasteiger partial charge in [-0.1, -0.05) is 24.3 Å². The third-order valence-electron chi connectivity index (χ3n) is 3.14. The zero-order valence-electron chi connectivity index (χ0n) is 12.0. The maximum atomic E-state index is 14.0. The Kier molecular flexibility index (Phi) is 3.52. The van der Waals surface area contributed by atoms with Crippen LogP contribution in [0.3, 0.4) is 0 Å². The molecule has 4 heteroatoms. The molecular formula is C17H16FN3. The Balaban J connectivity index is 2.23. The van der Waals surface area contributed by atoms with E-state index in [2.05, 4.69) is 15.3 Å². The fourth-order valence-electron chi connectivity index (χ4n) is 2.22. The number of hydrogen-bond donors (Lipinski definition) is 1. The lowest BCUT2D eigenvalue weighted by Crippen LogP contribution is -2.12. The summed E-state index contributed by atoms with van der Waals surface area (Å²) in [4.78, 5) is 8.99. The van der Waals surface area contributed by atoms with Crippen molar-refractivity contribution in [2.24, 2.45) is 0 Å². The first-order chi connectivity index (χ1) is 10.1. The number of fused-ring (bicyclic) bond motifs is 1. The topological polar surface area (TPSA) is 37.8 Å². The molecule has 0 unspecified atom stereocenters. The number of nitrogens with zero attached hydrogens (tertiary/aromatic N) is 2. The van der Waals surface area contributed by atoms with Gasteiger partial charge in [0.05, 0.1) is 11.1 Å². The van der Waals surface area contributed by atoms with Gasteiger partial charge in [0.25, 0.3) is 0 Å². The Morgan fingerprint density at radius 2 is 1.67 bits per heavy atom. The van der Waals surface area contributed by atoms with Gasteiger partial charge in [-0.15, -0.1) is 0 Å². The molecule has 106 valence electrons. The van der Waals surface area contributed by atoms with Gasteiger partial charge in [0.1, 0.15) is 11.6 Å². The molecule has 0 amide bonds. The van der Waals surface area contributed by atoms with E-state index < -0.39 is 0 Å². The number of anilines is 1. The zero-order valence-corrected chi connectivity index (χ0v) is 12.0. The molecule has 0 atom stereocenters. The van der Waals surface area contributed by atoms with Crippen molar-refractivity contribution in [3.63, 3.8) is 0 Å². The zero-order chi connectivity index (χ0) is 14.8. The quantitative estimate of drug-likeness (QED) is 0.779. The fourth-order valence-corrected chi connectivity index (χ4v) is 2.22. The monoisotopic (exact) mass is 281 g/mol. The van der Waals surface area contributed by atoms with Crippen molar-refractivity contribution < 1.29 is 4.39 Å². The Bertz CT molecular complexity index is 784. The second kappa shape index (κ2) is 5.48. The van der Waals surface area contributed by atoms with Crippen LogP contribution in [0.1, 0.15) is 13.8 Å². The lowest BCUT2D eigenvalue weighted by atomic mass is 10.1. The Morgan fingerprint density at radius 3 is 2.43 bits per heavy atom. The van der Waals surface area contributed by atoms with Crippen LogP contribution in [0.5, 0.6) is 0 Å². The molecule has 1 N–H and O–H groups in total. The molecule has 1 aromatic heterocycles. The van der Waals surface area contributed by atoms with Crippen LogP contribution in [0, 0.1) is 5.82 Å². The smallest absolute Gasteiger partial charge is 0.165 e. The van der Waals surface area contributed by atoms with Gasteiger partial charge in [0, 0.05) is 11.4 Å². The van der Waals surface area contributed by atoms with Crippen molar-refractivity contribution in [1.82, 2.24) is 9.97 Å². The summed E-state index contributed by atoms with van der Waals surface area (Å²) in [6.07, 6.45) is 0. The van der Waals surface area contributed by atoms with E-state index in [1.165, 1.54) is 6.07 Å². The van der Waals surface area contributed by atoms with Crippen molar-refractivity contribution in [2.75, 3.05) is 5.32 Å². The maximum absolute atomic E-state index is 14.0. The van der Waals surface area contributed by atoms with E-state index in [4.69, 9.17) is 0 Å². The molecule has 0 aliphatic rings. The van der Waals surface area contributed by atoms with Crippen molar-refractivity contribution in [3.05, 3.63) is 54.3 Å². The van der Waals surface area contributed by atoms with Gasteiger partial charge in [0.2, 0.25) is 0 Å². The van der Waals surface area contributed by atoms with E-state index in [1.807, 2.05) is 38.1 Å². The standard InChI is InChI=1S/C17H16FN3/c1-11(2)19-17-13-8-4-6-10-15(13)20-16(21-17)12-7-3-5-9-14(12)18/h3-11H,1-2H3,(H,19,20,21). The largest absolute Gasteiger partial charge is 0.367 e. The molecule has 0 radical (unpaired) electrons. The first-order valence-electron chi connectivity index (χ1n) is 6.93. The highest BCUT2D eigenvalue weighted by Gasteiger charge is 2.12. The molecule has 3 rings (SSSR count). The van der Waals surface area contributed by atoms with Crippen LogP contribution in [0.25, 0.3) is 22.3 Å². The average Bonchev–Trinajstić information content (AvgIpc) is 2.47. The number of halogens is 1. The Hall–Kier alpha value is -2.49. The molecule has 0 bridgehead atoms. The first kappa shape index (κ1) is 13.5. The van der Waals surface area contributed by atoms with Crippen LogP contribution in [-0.2, 0) is 0 Å². The summed E-state index contributed by atoms with van der Waals surface area (Å²) < 4.78 is 14.0. The van der Waals surface area contributed by atoms with Gasteiger partial charge in [-0.05, 0) is 38.1 Å². The molecule has 0 aliphatic heterocycles. The van der Waals surface area contributed by atoms with Crippen LogP contribution in [0.4, 0.5) is 10.2 Å². The van der Waals surface area contributed by atoms with Crippen LogP contribution in [-0.4, -0.2) is 16.0 Å². The van der Waals surface area contributed by atoms with Crippen molar-refractivity contribution >= 4 is 16.7 Å². The van der Waals surface area contributed by atoms with Crippen LogP contribution in [0.2, 0.25) is 0 Å². The highest BCUT2D eigenvalue weighted by molar-refractivity contribution is 5.90. The molecule has 0 aliphatic carbocycles. The fraction of sp³-hybridized carbons (Fsp3) is 0.176. The van der Waals surface area contributed by atoms with E-state index in [0.29, 0.717) is 11.4 Å². The van der Waals surface area contributed by atoms with Gasteiger partial charge in [0.15, 0.2) is 5.82 Å². The number of benzene rings is 2. The van der Waals surface area contributed by atoms with E-state index >= 15 is 0 Å². The number of nitrogens with one attached hydrogen (secondary N) is 1. The molecule has 0 fully saturated rings. The maximum Gasteiger partial charge on any atom is 0.165 e. The predicted octanol–water partition coefficient (Wildman–Crippen LogP) is 4.26. The normalized spacial score (nSPS) is 11.0. The summed E-state index contributed by atoms with van der Waals surface area (Å²) in [5.41, 5.74) is 1.21. The summed E-state index contributed by atoms with van der Waals surface area (Å²) in [6.45, 7) is 4.08. The average molecular weight is 281 g/mol. The van der Waals surface area contributed by atoms with E-state index in [1.54, 1.807) is 18.2 Å². The number of aromatic nitrogens is 2. The summed E-state index contributed by atoms with van der Waals surface area (Å²) in [5.74, 6) is 0.812. The number of hydrogen-bond acceptors (Lipinski definition) is 3. The van der Waals surface area contributed by atoms with Crippen LogP contribution >= 0.6 is 0 Å². The minimum Gasteiger partial charge on any atom is -0.367 e. The molecule has 0 spiro atoms. The van der Waals surface area contributed by atoms with E-state index in [-0.39, 0.29) is 11.9 Å². The van der Waals surface area contributed by atoms with Gasteiger partial charge in [-0.3, -0.25) is 0 Å². The van der Waals surface area contributed by atoms with Crippen LogP contribution < -0.4 is 5.32 Å². The minimum atomic E-state index is -0.316. The van der Waals surface area contributed by atoms with Gasteiger partial charge < -0.3 is 5.32 Å². The summed E-state index contributed by atoms with van der Waals surface area (Å²) in [6, 6.07) is 14.5. The molecule has 3 aromatic rings. The number of para-hydroxylation sites is 1. The Labute approximate surface area is 122 Å². The summed E-state index contributed by atoms with van der Waals surface area (Å²) in [5, 5.41) is 4.24. The SMILES string of the molecule is CC(C)Nc1nc(-c2ccccc2F)nc2ccccc12. The lowest BCUT2D eigenvalue weighted by molar-refractivity contribution is 0.630. The third-order valence-corrected chi connectivity index (χ3v) is 3.14. The first-order valence-corrected chi connectivity index (χ1v) is 6.93. The van der Waals surface area contributed by atoms with Crippen LogP contribution in [0.15, 0.2) is 48.5 Å².